The number of aliphatic hydroxyl groups is 1. The van der Waals surface area contributed by atoms with E-state index in [-0.39, 0.29) is 17.9 Å². The third kappa shape index (κ3) is 5.80. The van der Waals surface area contributed by atoms with Gasteiger partial charge < -0.3 is 14.8 Å². The summed E-state index contributed by atoms with van der Waals surface area (Å²) in [6.45, 7) is 5.97. The Balaban J connectivity index is 1.70. The van der Waals surface area contributed by atoms with Crippen molar-refractivity contribution in [3.8, 4) is 11.6 Å². The molecule has 0 amide bonds. The van der Waals surface area contributed by atoms with Crippen molar-refractivity contribution in [1.29, 1.82) is 0 Å². The Kier molecular flexibility index (Phi) is 7.31. The number of nitrogens with one attached hydrogen (secondary N) is 1. The first-order valence-corrected chi connectivity index (χ1v) is 10.6. The molecule has 2 aromatic rings. The number of rotatable bonds is 9. The average Bonchev–Trinajstić information content (AvgIpc) is 3.37. The van der Waals surface area contributed by atoms with Crippen LogP contribution < -0.4 is 5.48 Å². The molecule has 29 heavy (non-hydrogen) atoms. The second-order valence-electron chi connectivity index (χ2n) is 9.05. The highest BCUT2D eigenvalue weighted by Crippen LogP contribution is 2.32. The van der Waals surface area contributed by atoms with Crippen molar-refractivity contribution in [1.82, 2.24) is 35.8 Å². The molecule has 1 saturated carbocycles. The zero-order valence-electron chi connectivity index (χ0n) is 17.6. The van der Waals surface area contributed by atoms with Gasteiger partial charge in [0, 0.05) is 12.3 Å². The SMILES string of the molecule is CC(C)(C)n1nnnc1-c1noc(C(CCCC2CCCCC2)CC(O)NO)n1. The van der Waals surface area contributed by atoms with Crippen LogP contribution in [-0.4, -0.2) is 46.9 Å². The van der Waals surface area contributed by atoms with Crippen molar-refractivity contribution in [2.24, 2.45) is 5.92 Å². The van der Waals surface area contributed by atoms with E-state index < -0.39 is 6.23 Å². The molecule has 10 heteroatoms. The van der Waals surface area contributed by atoms with Gasteiger partial charge in [0.2, 0.25) is 17.5 Å². The molecule has 0 saturated heterocycles. The average molecular weight is 408 g/mol. The number of aromatic nitrogens is 6. The van der Waals surface area contributed by atoms with Gasteiger partial charge >= 0.3 is 0 Å². The fourth-order valence-electron chi connectivity index (χ4n) is 4.06. The lowest BCUT2D eigenvalue weighted by molar-refractivity contribution is -0.00889. The van der Waals surface area contributed by atoms with Crippen LogP contribution in [0.15, 0.2) is 4.52 Å². The Morgan fingerprint density at radius 1 is 1.24 bits per heavy atom. The maximum absolute atomic E-state index is 9.89. The number of tetrazole rings is 1. The summed E-state index contributed by atoms with van der Waals surface area (Å²) in [6.07, 6.45) is 8.86. The van der Waals surface area contributed by atoms with Gasteiger partial charge in [-0.15, -0.1) is 5.10 Å². The minimum atomic E-state index is -1.05. The second kappa shape index (κ2) is 9.73. The highest BCUT2D eigenvalue weighted by atomic mass is 16.5. The summed E-state index contributed by atoms with van der Waals surface area (Å²) in [7, 11) is 0. The summed E-state index contributed by atoms with van der Waals surface area (Å²) < 4.78 is 7.17. The first-order chi connectivity index (χ1) is 13.9. The summed E-state index contributed by atoms with van der Waals surface area (Å²) in [5.74, 6) is 1.83. The van der Waals surface area contributed by atoms with Crippen molar-refractivity contribution in [3.05, 3.63) is 5.89 Å². The highest BCUT2D eigenvalue weighted by molar-refractivity contribution is 5.41. The summed E-state index contributed by atoms with van der Waals surface area (Å²) >= 11 is 0. The zero-order valence-corrected chi connectivity index (χ0v) is 17.6. The molecule has 0 radical (unpaired) electrons. The molecular weight excluding hydrogens is 374 g/mol. The van der Waals surface area contributed by atoms with Gasteiger partial charge in [0.05, 0.1) is 5.54 Å². The van der Waals surface area contributed by atoms with Gasteiger partial charge in [0.15, 0.2) is 0 Å². The van der Waals surface area contributed by atoms with Crippen LogP contribution in [0.2, 0.25) is 0 Å². The molecule has 0 spiro atoms. The molecule has 1 fully saturated rings. The molecule has 2 unspecified atom stereocenters. The van der Waals surface area contributed by atoms with E-state index in [2.05, 4.69) is 25.7 Å². The van der Waals surface area contributed by atoms with Crippen LogP contribution >= 0.6 is 0 Å². The Morgan fingerprint density at radius 2 is 2.00 bits per heavy atom. The lowest BCUT2D eigenvalue weighted by Gasteiger charge is -2.22. The number of hydrogen-bond donors (Lipinski definition) is 3. The maximum atomic E-state index is 9.89. The normalized spacial score (nSPS) is 18.1. The van der Waals surface area contributed by atoms with Crippen molar-refractivity contribution in [2.45, 2.75) is 96.2 Å². The van der Waals surface area contributed by atoms with E-state index in [0.717, 1.165) is 18.8 Å². The molecule has 2 atom stereocenters. The van der Waals surface area contributed by atoms with E-state index in [1.807, 2.05) is 26.3 Å². The van der Waals surface area contributed by atoms with Crippen LogP contribution in [-0.2, 0) is 5.54 Å². The van der Waals surface area contributed by atoms with Crippen molar-refractivity contribution in [2.75, 3.05) is 0 Å². The van der Waals surface area contributed by atoms with Gasteiger partial charge in [-0.1, -0.05) is 50.1 Å². The van der Waals surface area contributed by atoms with E-state index in [1.165, 1.54) is 38.5 Å². The molecule has 0 aromatic carbocycles. The van der Waals surface area contributed by atoms with Gasteiger partial charge in [0.25, 0.3) is 0 Å². The van der Waals surface area contributed by atoms with Crippen molar-refractivity contribution < 1.29 is 14.8 Å². The van der Waals surface area contributed by atoms with Crippen LogP contribution in [0.3, 0.4) is 0 Å². The summed E-state index contributed by atoms with van der Waals surface area (Å²) in [5.41, 5.74) is 1.57. The van der Waals surface area contributed by atoms with Crippen molar-refractivity contribution in [3.63, 3.8) is 0 Å². The van der Waals surface area contributed by atoms with Crippen LogP contribution in [0.4, 0.5) is 0 Å². The number of aliphatic hydroxyl groups excluding tert-OH is 1. The lowest BCUT2D eigenvalue weighted by atomic mass is 9.84. The molecule has 3 rings (SSSR count). The smallest absolute Gasteiger partial charge is 0.241 e. The topological polar surface area (TPSA) is 135 Å². The lowest BCUT2D eigenvalue weighted by Crippen LogP contribution is -2.27. The predicted octanol–water partition coefficient (Wildman–Crippen LogP) is 3.00. The number of hydroxylamine groups is 1. The molecule has 0 aliphatic heterocycles. The zero-order chi connectivity index (χ0) is 20.9. The predicted molar refractivity (Wildman–Crippen MR) is 105 cm³/mol. The Labute approximate surface area is 171 Å². The standard InChI is InChI=1S/C19H33N7O3/c1-19(2,3)26-17(21-24-25-26)16-20-18(29-23-16)14(12-15(27)22-28)11-7-10-13-8-5-4-6-9-13/h13-15,22,27-28H,4-12H2,1-3H3. The van der Waals surface area contributed by atoms with E-state index in [9.17, 15) is 5.11 Å². The minimum Gasteiger partial charge on any atom is -0.376 e. The summed E-state index contributed by atoms with van der Waals surface area (Å²) in [5, 5.41) is 34.8. The first kappa shape index (κ1) is 21.8. The summed E-state index contributed by atoms with van der Waals surface area (Å²) in [4.78, 5) is 4.52. The van der Waals surface area contributed by atoms with Crippen LogP contribution in [0, 0.1) is 5.92 Å². The van der Waals surface area contributed by atoms with Crippen molar-refractivity contribution >= 4 is 0 Å². The van der Waals surface area contributed by atoms with E-state index >= 15 is 0 Å². The molecule has 2 aromatic heterocycles. The van der Waals surface area contributed by atoms with Gasteiger partial charge in [-0.25, -0.2) is 4.68 Å². The monoisotopic (exact) mass is 407 g/mol. The Hall–Kier alpha value is -1.91. The first-order valence-electron chi connectivity index (χ1n) is 10.6. The quantitative estimate of drug-likeness (QED) is 0.423. The van der Waals surface area contributed by atoms with Gasteiger partial charge in [-0.3, -0.25) is 0 Å². The minimum absolute atomic E-state index is 0.159. The molecule has 10 nitrogen and oxygen atoms in total. The Morgan fingerprint density at radius 3 is 2.69 bits per heavy atom. The number of nitrogens with zero attached hydrogens (tertiary/aromatic N) is 6. The Bertz CT molecular complexity index is 749. The molecule has 2 heterocycles. The fraction of sp³-hybridized carbons (Fsp3) is 0.842. The third-order valence-electron chi connectivity index (χ3n) is 5.64. The molecular formula is C19H33N7O3. The van der Waals surface area contributed by atoms with Crippen LogP contribution in [0.5, 0.6) is 0 Å². The maximum Gasteiger partial charge on any atom is 0.241 e. The second-order valence-corrected chi connectivity index (χ2v) is 9.05. The molecule has 0 bridgehead atoms. The van der Waals surface area contributed by atoms with Crippen LogP contribution in [0.25, 0.3) is 11.6 Å². The van der Waals surface area contributed by atoms with Gasteiger partial charge in [-0.2, -0.15) is 10.5 Å². The fourth-order valence-corrected chi connectivity index (χ4v) is 4.06. The third-order valence-corrected chi connectivity index (χ3v) is 5.64. The number of hydrogen-bond acceptors (Lipinski definition) is 9. The molecule has 162 valence electrons. The largest absolute Gasteiger partial charge is 0.376 e. The van der Waals surface area contributed by atoms with E-state index in [4.69, 9.17) is 9.73 Å². The van der Waals surface area contributed by atoms with Gasteiger partial charge in [-0.05, 0) is 43.5 Å². The molecule has 1 aliphatic carbocycles. The van der Waals surface area contributed by atoms with Crippen LogP contribution in [0.1, 0.15) is 90.4 Å². The van der Waals surface area contributed by atoms with Gasteiger partial charge in [0.1, 0.15) is 6.23 Å². The summed E-state index contributed by atoms with van der Waals surface area (Å²) in [6, 6.07) is 0. The molecule has 1 aliphatic rings. The van der Waals surface area contributed by atoms with E-state index in [1.54, 1.807) is 4.68 Å². The highest BCUT2D eigenvalue weighted by Gasteiger charge is 2.27. The van der Waals surface area contributed by atoms with E-state index in [0.29, 0.717) is 17.5 Å². The molecule has 3 N–H and O–H groups in total.